The van der Waals surface area contributed by atoms with Crippen molar-refractivity contribution in [1.29, 1.82) is 0 Å². The number of nitrogens with zero attached hydrogens (tertiary/aromatic N) is 2. The number of benzene rings is 2. The molecule has 26 heavy (non-hydrogen) atoms. The summed E-state index contributed by atoms with van der Waals surface area (Å²) in [7, 11) is 0. The van der Waals surface area contributed by atoms with Gasteiger partial charge in [-0.2, -0.15) is 0 Å². The number of hydrogen-bond donors (Lipinski definition) is 1. The molecule has 0 aliphatic carbocycles. The van der Waals surface area contributed by atoms with Gasteiger partial charge in [-0.15, -0.1) is 0 Å². The molecule has 0 bridgehead atoms. The Balaban J connectivity index is 1.50. The number of anilines is 1. The summed E-state index contributed by atoms with van der Waals surface area (Å²) in [6, 6.07) is 12.1. The fraction of sp³-hybridized carbons (Fsp3) is 0.250. The number of carbonyl (C=O) groups is 1. The fourth-order valence-corrected chi connectivity index (χ4v) is 3.66. The topological polar surface area (TPSA) is 39.3 Å². The molecule has 1 saturated heterocycles. The van der Waals surface area contributed by atoms with Crippen LogP contribution in [0.5, 0.6) is 0 Å². The van der Waals surface area contributed by atoms with Crippen molar-refractivity contribution in [2.45, 2.75) is 6.92 Å². The van der Waals surface area contributed by atoms with Crippen molar-refractivity contribution in [1.82, 2.24) is 9.88 Å². The molecule has 0 atom stereocenters. The van der Waals surface area contributed by atoms with Crippen molar-refractivity contribution in [3.8, 4) is 0 Å². The average molecular weight is 372 g/mol. The predicted octanol–water partition coefficient (Wildman–Crippen LogP) is 4.23. The van der Waals surface area contributed by atoms with Gasteiger partial charge in [0.25, 0.3) is 5.91 Å². The Hall–Kier alpha value is -2.53. The third kappa shape index (κ3) is 3.03. The van der Waals surface area contributed by atoms with Crippen LogP contribution in [0.4, 0.5) is 10.1 Å². The van der Waals surface area contributed by atoms with E-state index in [0.29, 0.717) is 23.8 Å². The van der Waals surface area contributed by atoms with E-state index < -0.39 is 0 Å². The Morgan fingerprint density at radius 1 is 1.08 bits per heavy atom. The van der Waals surface area contributed by atoms with Crippen molar-refractivity contribution in [3.63, 3.8) is 0 Å². The Morgan fingerprint density at radius 3 is 2.46 bits per heavy atom. The molecule has 1 amide bonds. The molecule has 134 valence electrons. The minimum Gasteiger partial charge on any atom is -0.368 e. The highest BCUT2D eigenvalue weighted by molar-refractivity contribution is 6.31. The number of halogens is 2. The van der Waals surface area contributed by atoms with Crippen molar-refractivity contribution in [3.05, 3.63) is 64.6 Å². The van der Waals surface area contributed by atoms with Gasteiger partial charge in [-0.3, -0.25) is 4.79 Å². The quantitative estimate of drug-likeness (QED) is 0.732. The summed E-state index contributed by atoms with van der Waals surface area (Å²) < 4.78 is 13.1. The lowest BCUT2D eigenvalue weighted by Gasteiger charge is -2.36. The van der Waals surface area contributed by atoms with Crippen LogP contribution in [0.25, 0.3) is 10.9 Å². The molecule has 1 aromatic heterocycles. The lowest BCUT2D eigenvalue weighted by molar-refractivity contribution is 0.0741. The van der Waals surface area contributed by atoms with Crippen LogP contribution in [0.3, 0.4) is 0 Å². The lowest BCUT2D eigenvalue weighted by atomic mass is 10.1. The number of nitrogens with one attached hydrogen (secondary N) is 1. The summed E-state index contributed by atoms with van der Waals surface area (Å²) >= 11 is 6.07. The normalized spacial score (nSPS) is 14.9. The highest BCUT2D eigenvalue weighted by Crippen LogP contribution is 2.26. The SMILES string of the molecule is Cc1c(C(=O)N2CCN(c3ccc(F)cc3)CC2)[nH]c2ccc(Cl)cc12. The number of fused-ring (bicyclic) bond motifs is 1. The number of aromatic amines is 1. The first-order chi connectivity index (χ1) is 12.5. The first-order valence-corrected chi connectivity index (χ1v) is 8.98. The van der Waals surface area contributed by atoms with E-state index >= 15 is 0 Å². The van der Waals surface area contributed by atoms with Crippen LogP contribution < -0.4 is 4.90 Å². The zero-order valence-corrected chi connectivity index (χ0v) is 15.2. The molecule has 4 rings (SSSR count). The highest BCUT2D eigenvalue weighted by atomic mass is 35.5. The number of aromatic nitrogens is 1. The number of aryl methyl sites for hydroxylation is 1. The fourth-order valence-electron chi connectivity index (χ4n) is 3.49. The van der Waals surface area contributed by atoms with E-state index in [9.17, 15) is 9.18 Å². The minimum absolute atomic E-state index is 0.00794. The number of carbonyl (C=O) groups excluding carboxylic acids is 1. The van der Waals surface area contributed by atoms with E-state index in [1.807, 2.05) is 30.0 Å². The van der Waals surface area contributed by atoms with Gasteiger partial charge in [0.2, 0.25) is 0 Å². The molecule has 2 aromatic carbocycles. The number of piperazine rings is 1. The molecule has 1 N–H and O–H groups in total. The molecule has 6 heteroatoms. The second-order valence-electron chi connectivity index (χ2n) is 6.57. The smallest absolute Gasteiger partial charge is 0.270 e. The van der Waals surface area contributed by atoms with Crippen molar-refractivity contribution < 1.29 is 9.18 Å². The molecule has 1 aliphatic heterocycles. The van der Waals surface area contributed by atoms with Crippen LogP contribution in [0.1, 0.15) is 16.1 Å². The number of H-pyrrole nitrogens is 1. The van der Waals surface area contributed by atoms with E-state index in [1.54, 1.807) is 12.1 Å². The van der Waals surface area contributed by atoms with E-state index in [4.69, 9.17) is 11.6 Å². The molecular weight excluding hydrogens is 353 g/mol. The van der Waals surface area contributed by atoms with Gasteiger partial charge in [-0.05, 0) is 55.0 Å². The van der Waals surface area contributed by atoms with Gasteiger partial charge < -0.3 is 14.8 Å². The highest BCUT2D eigenvalue weighted by Gasteiger charge is 2.25. The molecule has 1 aliphatic rings. The molecule has 4 nitrogen and oxygen atoms in total. The zero-order valence-electron chi connectivity index (χ0n) is 14.4. The largest absolute Gasteiger partial charge is 0.368 e. The van der Waals surface area contributed by atoms with Crippen LogP contribution in [0.2, 0.25) is 5.02 Å². The number of hydrogen-bond acceptors (Lipinski definition) is 2. The average Bonchev–Trinajstić information content (AvgIpc) is 2.98. The second-order valence-corrected chi connectivity index (χ2v) is 7.01. The Kier molecular flexibility index (Phi) is 4.32. The Bertz CT molecular complexity index is 959. The monoisotopic (exact) mass is 371 g/mol. The van der Waals surface area contributed by atoms with E-state index in [0.717, 1.165) is 35.2 Å². The maximum absolute atomic E-state index is 13.1. The van der Waals surface area contributed by atoms with E-state index in [1.165, 1.54) is 12.1 Å². The molecule has 2 heterocycles. The summed E-state index contributed by atoms with van der Waals surface area (Å²) in [5.41, 5.74) is 3.45. The van der Waals surface area contributed by atoms with Gasteiger partial charge in [0, 0.05) is 47.8 Å². The van der Waals surface area contributed by atoms with Gasteiger partial charge >= 0.3 is 0 Å². The van der Waals surface area contributed by atoms with Crippen molar-refractivity contribution >= 4 is 34.1 Å². The summed E-state index contributed by atoms with van der Waals surface area (Å²) in [4.78, 5) is 20.2. The summed E-state index contributed by atoms with van der Waals surface area (Å²) in [6.45, 7) is 4.65. The van der Waals surface area contributed by atoms with Crippen molar-refractivity contribution in [2.24, 2.45) is 0 Å². The van der Waals surface area contributed by atoms with Gasteiger partial charge in [-0.25, -0.2) is 4.39 Å². The summed E-state index contributed by atoms with van der Waals surface area (Å²) in [5.74, 6) is -0.231. The molecule has 0 spiro atoms. The summed E-state index contributed by atoms with van der Waals surface area (Å²) in [5, 5.41) is 1.64. The van der Waals surface area contributed by atoms with Gasteiger partial charge in [-0.1, -0.05) is 11.6 Å². The van der Waals surface area contributed by atoms with Crippen LogP contribution in [0, 0.1) is 12.7 Å². The number of amides is 1. The van der Waals surface area contributed by atoms with Crippen LogP contribution in [0.15, 0.2) is 42.5 Å². The maximum atomic E-state index is 13.1. The van der Waals surface area contributed by atoms with Crippen LogP contribution in [-0.4, -0.2) is 42.0 Å². The van der Waals surface area contributed by atoms with Crippen LogP contribution in [-0.2, 0) is 0 Å². The first kappa shape index (κ1) is 16.9. The third-order valence-corrected chi connectivity index (χ3v) is 5.23. The third-order valence-electron chi connectivity index (χ3n) is 4.99. The Labute approximate surface area is 156 Å². The van der Waals surface area contributed by atoms with E-state index in [2.05, 4.69) is 9.88 Å². The van der Waals surface area contributed by atoms with Gasteiger partial charge in [0.15, 0.2) is 0 Å². The maximum Gasteiger partial charge on any atom is 0.270 e. The summed E-state index contributed by atoms with van der Waals surface area (Å²) in [6.07, 6.45) is 0. The van der Waals surface area contributed by atoms with Crippen molar-refractivity contribution in [2.75, 3.05) is 31.1 Å². The number of rotatable bonds is 2. The van der Waals surface area contributed by atoms with E-state index in [-0.39, 0.29) is 11.7 Å². The van der Waals surface area contributed by atoms with Crippen LogP contribution >= 0.6 is 11.6 Å². The Morgan fingerprint density at radius 2 is 1.77 bits per heavy atom. The minimum atomic E-state index is -0.239. The zero-order chi connectivity index (χ0) is 18.3. The van der Waals surface area contributed by atoms with Gasteiger partial charge in [0.1, 0.15) is 11.5 Å². The predicted molar refractivity (Wildman–Crippen MR) is 103 cm³/mol. The molecule has 3 aromatic rings. The molecule has 0 radical (unpaired) electrons. The van der Waals surface area contributed by atoms with Gasteiger partial charge in [0.05, 0.1) is 0 Å². The standard InChI is InChI=1S/C20H19ClFN3O/c1-13-17-12-14(21)2-7-18(17)23-19(13)20(26)25-10-8-24(9-11-25)16-5-3-15(22)4-6-16/h2-7,12,23H,8-11H2,1H3. The lowest BCUT2D eigenvalue weighted by Crippen LogP contribution is -2.49. The first-order valence-electron chi connectivity index (χ1n) is 8.60. The molecular formula is C20H19ClFN3O. The molecule has 1 fully saturated rings. The molecule has 0 saturated carbocycles. The molecule has 0 unspecified atom stereocenters. The second kappa shape index (κ2) is 6.65.